The number of hydrogen-bond donors (Lipinski definition) is 2. The molecule has 0 unspecified atom stereocenters. The molecule has 5 heteroatoms. The molecule has 0 aromatic heterocycles. The van der Waals surface area contributed by atoms with Crippen molar-refractivity contribution in [2.75, 3.05) is 45.0 Å². The summed E-state index contributed by atoms with van der Waals surface area (Å²) >= 11 is 1.85. The van der Waals surface area contributed by atoms with Crippen molar-refractivity contribution in [2.24, 2.45) is 0 Å². The number of piperazine rings is 1. The molecule has 1 aromatic carbocycles. The minimum Gasteiger partial charge on any atom is -0.399 e. The molecular formula is C13H20N4S. The number of nitrogens with zero attached hydrogens (tertiary/aromatic N) is 2. The third-order valence-electron chi connectivity index (χ3n) is 3.66. The number of hydrogen-bond acceptors (Lipinski definition) is 5. The summed E-state index contributed by atoms with van der Waals surface area (Å²) in [7, 11) is 0. The monoisotopic (exact) mass is 264 g/mol. The number of nitrogens with one attached hydrogen (secondary N) is 1. The summed E-state index contributed by atoms with van der Waals surface area (Å²) in [5.41, 5.74) is 6.53. The second-order valence-corrected chi connectivity index (χ2v) is 6.11. The van der Waals surface area contributed by atoms with Gasteiger partial charge in [-0.2, -0.15) is 0 Å². The van der Waals surface area contributed by atoms with Gasteiger partial charge in [0.15, 0.2) is 0 Å². The van der Waals surface area contributed by atoms with Crippen LogP contribution < -0.4 is 11.1 Å². The van der Waals surface area contributed by atoms with Crippen LogP contribution >= 0.6 is 11.9 Å². The van der Waals surface area contributed by atoms with E-state index in [1.807, 2.05) is 24.1 Å². The fourth-order valence-electron chi connectivity index (χ4n) is 2.37. The SMILES string of the molecule is Nc1ccc(SN2CCN(C3CNC3)CC2)cc1. The first-order valence-electron chi connectivity index (χ1n) is 6.54. The van der Waals surface area contributed by atoms with Crippen LogP contribution in [0.2, 0.25) is 0 Å². The minimum atomic E-state index is 0.786. The lowest BCUT2D eigenvalue weighted by Gasteiger charge is -2.42. The van der Waals surface area contributed by atoms with Gasteiger partial charge in [-0.3, -0.25) is 4.90 Å². The zero-order valence-electron chi connectivity index (χ0n) is 10.5. The van der Waals surface area contributed by atoms with Crippen LogP contribution in [-0.2, 0) is 0 Å². The first-order valence-corrected chi connectivity index (χ1v) is 7.32. The van der Waals surface area contributed by atoms with Crippen molar-refractivity contribution in [1.29, 1.82) is 0 Å². The lowest BCUT2D eigenvalue weighted by atomic mass is 10.1. The van der Waals surface area contributed by atoms with E-state index in [0.29, 0.717) is 0 Å². The summed E-state index contributed by atoms with van der Waals surface area (Å²) in [5, 5.41) is 3.34. The van der Waals surface area contributed by atoms with Crippen molar-refractivity contribution in [2.45, 2.75) is 10.9 Å². The number of anilines is 1. The molecule has 2 fully saturated rings. The summed E-state index contributed by atoms with van der Waals surface area (Å²) < 4.78 is 2.45. The first-order chi connectivity index (χ1) is 8.81. The second-order valence-electron chi connectivity index (χ2n) is 4.94. The number of rotatable bonds is 3. The second kappa shape index (κ2) is 5.48. The molecule has 0 spiro atoms. The van der Waals surface area contributed by atoms with Gasteiger partial charge in [0, 0.05) is 55.9 Å². The van der Waals surface area contributed by atoms with Crippen molar-refractivity contribution in [3.05, 3.63) is 24.3 Å². The van der Waals surface area contributed by atoms with Crippen molar-refractivity contribution in [1.82, 2.24) is 14.5 Å². The Kier molecular flexibility index (Phi) is 3.75. The molecule has 1 aromatic rings. The fraction of sp³-hybridized carbons (Fsp3) is 0.538. The van der Waals surface area contributed by atoms with Crippen molar-refractivity contribution in [3.63, 3.8) is 0 Å². The standard InChI is InChI=1S/C13H20N4S/c14-11-1-3-13(4-2-11)18-17-7-5-16(6-8-17)12-9-15-10-12/h1-4,12,15H,5-10,14H2. The molecule has 4 nitrogen and oxygen atoms in total. The van der Waals surface area contributed by atoms with Crippen LogP contribution in [0.15, 0.2) is 29.2 Å². The van der Waals surface area contributed by atoms with E-state index in [2.05, 4.69) is 26.7 Å². The summed E-state index contributed by atoms with van der Waals surface area (Å²) in [4.78, 5) is 3.89. The molecule has 0 aliphatic carbocycles. The lowest BCUT2D eigenvalue weighted by Crippen LogP contribution is -2.60. The maximum Gasteiger partial charge on any atom is 0.0346 e. The minimum absolute atomic E-state index is 0.786. The number of benzene rings is 1. The molecule has 18 heavy (non-hydrogen) atoms. The predicted molar refractivity (Wildman–Crippen MR) is 76.5 cm³/mol. The Morgan fingerprint density at radius 2 is 1.72 bits per heavy atom. The van der Waals surface area contributed by atoms with Crippen LogP contribution in [0.5, 0.6) is 0 Å². The summed E-state index contributed by atoms with van der Waals surface area (Å²) in [6, 6.07) is 8.93. The first kappa shape index (κ1) is 12.3. The highest BCUT2D eigenvalue weighted by atomic mass is 32.2. The molecular weight excluding hydrogens is 244 g/mol. The molecule has 0 atom stereocenters. The molecule has 2 aliphatic heterocycles. The topological polar surface area (TPSA) is 44.5 Å². The Balaban J connectivity index is 1.48. The highest BCUT2D eigenvalue weighted by Gasteiger charge is 2.27. The highest BCUT2D eigenvalue weighted by Crippen LogP contribution is 2.25. The zero-order chi connectivity index (χ0) is 12.4. The quantitative estimate of drug-likeness (QED) is 0.626. The average Bonchev–Trinajstić information content (AvgIpc) is 2.32. The van der Waals surface area contributed by atoms with Gasteiger partial charge in [0.05, 0.1) is 0 Å². The molecule has 0 amide bonds. The Labute approximate surface area is 113 Å². The van der Waals surface area contributed by atoms with Gasteiger partial charge in [-0.05, 0) is 36.2 Å². The Bertz CT molecular complexity index is 382. The maximum atomic E-state index is 5.70. The molecule has 0 radical (unpaired) electrons. The van der Waals surface area contributed by atoms with Crippen LogP contribution in [0.1, 0.15) is 0 Å². The molecule has 2 heterocycles. The molecule has 3 N–H and O–H groups in total. The molecule has 0 saturated carbocycles. The zero-order valence-corrected chi connectivity index (χ0v) is 11.3. The molecule has 2 aliphatic rings. The molecule has 0 bridgehead atoms. The van der Waals surface area contributed by atoms with Crippen LogP contribution in [0.3, 0.4) is 0 Å². The molecule has 3 rings (SSSR count). The number of nitrogens with two attached hydrogens (primary N) is 1. The van der Waals surface area contributed by atoms with E-state index in [0.717, 1.165) is 24.8 Å². The van der Waals surface area contributed by atoms with Crippen molar-refractivity contribution < 1.29 is 0 Å². The lowest BCUT2D eigenvalue weighted by molar-refractivity contribution is 0.107. The summed E-state index contributed by atoms with van der Waals surface area (Å²) in [6.45, 7) is 7.01. The van der Waals surface area contributed by atoms with E-state index in [-0.39, 0.29) is 0 Å². The van der Waals surface area contributed by atoms with Crippen LogP contribution in [0, 0.1) is 0 Å². The largest absolute Gasteiger partial charge is 0.399 e. The van der Waals surface area contributed by atoms with E-state index < -0.39 is 0 Å². The summed E-state index contributed by atoms with van der Waals surface area (Å²) in [6.07, 6.45) is 0. The van der Waals surface area contributed by atoms with E-state index in [9.17, 15) is 0 Å². The Morgan fingerprint density at radius 3 is 2.28 bits per heavy atom. The highest BCUT2D eigenvalue weighted by molar-refractivity contribution is 7.97. The van der Waals surface area contributed by atoms with Gasteiger partial charge in [0.2, 0.25) is 0 Å². The fourth-order valence-corrected chi connectivity index (χ4v) is 3.27. The van der Waals surface area contributed by atoms with Crippen LogP contribution in [-0.4, -0.2) is 54.5 Å². The smallest absolute Gasteiger partial charge is 0.0346 e. The normalized spacial score (nSPS) is 22.9. The predicted octanol–water partition coefficient (Wildman–Crippen LogP) is 0.865. The van der Waals surface area contributed by atoms with Crippen molar-refractivity contribution >= 4 is 17.6 Å². The van der Waals surface area contributed by atoms with Crippen molar-refractivity contribution in [3.8, 4) is 0 Å². The van der Waals surface area contributed by atoms with Gasteiger partial charge in [-0.1, -0.05) is 0 Å². The van der Waals surface area contributed by atoms with Gasteiger partial charge in [-0.25, -0.2) is 4.31 Å². The third-order valence-corrected chi connectivity index (χ3v) is 4.77. The number of nitrogen functional groups attached to an aromatic ring is 1. The van der Waals surface area contributed by atoms with Gasteiger partial charge >= 0.3 is 0 Å². The van der Waals surface area contributed by atoms with Gasteiger partial charge < -0.3 is 11.1 Å². The summed E-state index contributed by atoms with van der Waals surface area (Å²) in [5.74, 6) is 0. The molecule has 2 saturated heterocycles. The van der Waals surface area contributed by atoms with E-state index in [1.54, 1.807) is 0 Å². The van der Waals surface area contributed by atoms with Crippen LogP contribution in [0.25, 0.3) is 0 Å². The Hall–Kier alpha value is -0.750. The van der Waals surface area contributed by atoms with E-state index >= 15 is 0 Å². The Morgan fingerprint density at radius 1 is 1.06 bits per heavy atom. The third kappa shape index (κ3) is 2.80. The van der Waals surface area contributed by atoms with Gasteiger partial charge in [0.25, 0.3) is 0 Å². The maximum absolute atomic E-state index is 5.70. The van der Waals surface area contributed by atoms with Crippen LogP contribution in [0.4, 0.5) is 5.69 Å². The molecule has 98 valence electrons. The van der Waals surface area contributed by atoms with E-state index in [1.165, 1.54) is 31.1 Å². The van der Waals surface area contributed by atoms with E-state index in [4.69, 9.17) is 5.73 Å². The van der Waals surface area contributed by atoms with Gasteiger partial charge in [0.1, 0.15) is 0 Å². The average molecular weight is 264 g/mol. The van der Waals surface area contributed by atoms with Gasteiger partial charge in [-0.15, -0.1) is 0 Å².